The Morgan fingerprint density at radius 3 is 2.36 bits per heavy atom. The monoisotopic (exact) mass is 509 g/mol. The van der Waals surface area contributed by atoms with E-state index in [0.717, 1.165) is 22.9 Å². The second-order valence-corrected chi connectivity index (χ2v) is 11.5. The van der Waals surface area contributed by atoms with Crippen LogP contribution < -0.4 is 14.8 Å². The zero-order valence-electron chi connectivity index (χ0n) is 20.6. The van der Waals surface area contributed by atoms with E-state index in [-0.39, 0.29) is 17.0 Å². The molecule has 3 aromatic carbocycles. The largest absolute Gasteiger partial charge is 0.490 e. The minimum absolute atomic E-state index is 0.171. The molecule has 0 unspecified atom stereocenters. The second-order valence-electron chi connectivity index (χ2n) is 9.48. The number of hydrogen-bond donors (Lipinski definition) is 3. The number of H-pyrrole nitrogens is 1. The van der Waals surface area contributed by atoms with Gasteiger partial charge in [-0.05, 0) is 74.4 Å². The van der Waals surface area contributed by atoms with Gasteiger partial charge in [0.1, 0.15) is 30.0 Å². The van der Waals surface area contributed by atoms with E-state index in [1.54, 1.807) is 18.3 Å². The summed E-state index contributed by atoms with van der Waals surface area (Å²) in [5, 5.41) is 21.7. The van der Waals surface area contributed by atoms with Gasteiger partial charge in [-0.1, -0.05) is 18.2 Å². The molecule has 0 saturated carbocycles. The number of aliphatic hydroxyl groups is 1. The highest BCUT2D eigenvalue weighted by Crippen LogP contribution is 2.25. The minimum atomic E-state index is -3.24. The molecule has 36 heavy (non-hydrogen) atoms. The third-order valence-corrected chi connectivity index (χ3v) is 6.88. The van der Waals surface area contributed by atoms with Crippen LogP contribution in [-0.2, 0) is 16.3 Å². The predicted molar refractivity (Wildman–Crippen MR) is 139 cm³/mol. The fourth-order valence-electron chi connectivity index (χ4n) is 3.85. The van der Waals surface area contributed by atoms with Gasteiger partial charge in [-0.2, -0.15) is 5.10 Å². The van der Waals surface area contributed by atoms with Gasteiger partial charge in [0, 0.05) is 18.3 Å². The highest BCUT2D eigenvalue weighted by Gasteiger charge is 2.20. The standard InChI is InChI=1S/C27H31N3O5S/c1-27(2,28-16-20(31)18-34-26-6-4-5-25-24(26)17-29-30-25)15-19-7-9-21(10-8-19)35-22-11-13-23(14-12-22)36(3,32)33/h4-14,17,20,28,31H,15-16,18H2,1-3H3,(H,29,30)/t20-/m0/s1. The quantitative estimate of drug-likeness (QED) is 0.279. The van der Waals surface area contributed by atoms with Gasteiger partial charge in [-0.15, -0.1) is 0 Å². The molecular formula is C27H31N3O5S. The summed E-state index contributed by atoms with van der Waals surface area (Å²) in [7, 11) is -3.24. The second kappa shape index (κ2) is 10.7. The lowest BCUT2D eigenvalue weighted by molar-refractivity contribution is 0.0996. The van der Waals surface area contributed by atoms with Crippen LogP contribution in [0.2, 0.25) is 0 Å². The number of nitrogens with zero attached hydrogens (tertiary/aromatic N) is 1. The third-order valence-electron chi connectivity index (χ3n) is 5.75. The molecule has 0 aliphatic rings. The van der Waals surface area contributed by atoms with Crippen molar-refractivity contribution in [1.29, 1.82) is 0 Å². The molecule has 0 aliphatic heterocycles. The molecule has 9 heteroatoms. The van der Waals surface area contributed by atoms with Crippen LogP contribution in [0.4, 0.5) is 0 Å². The number of aromatic nitrogens is 2. The number of benzene rings is 3. The molecule has 1 aromatic heterocycles. The van der Waals surface area contributed by atoms with Crippen molar-refractivity contribution in [3.63, 3.8) is 0 Å². The maximum absolute atomic E-state index is 11.6. The van der Waals surface area contributed by atoms with E-state index in [1.807, 2.05) is 42.5 Å². The lowest BCUT2D eigenvalue weighted by Crippen LogP contribution is -2.46. The molecule has 0 spiro atoms. The fraction of sp³-hybridized carbons (Fsp3) is 0.296. The molecular weight excluding hydrogens is 478 g/mol. The molecule has 1 atom stereocenters. The lowest BCUT2D eigenvalue weighted by Gasteiger charge is -2.28. The predicted octanol–water partition coefficient (Wildman–Crippen LogP) is 4.11. The van der Waals surface area contributed by atoms with Gasteiger partial charge in [0.15, 0.2) is 9.84 Å². The van der Waals surface area contributed by atoms with Gasteiger partial charge in [0.2, 0.25) is 0 Å². The van der Waals surface area contributed by atoms with E-state index in [2.05, 4.69) is 29.4 Å². The molecule has 1 heterocycles. The maximum Gasteiger partial charge on any atom is 0.175 e. The van der Waals surface area contributed by atoms with Gasteiger partial charge >= 0.3 is 0 Å². The summed E-state index contributed by atoms with van der Waals surface area (Å²) in [6, 6.07) is 19.8. The van der Waals surface area contributed by atoms with E-state index < -0.39 is 15.9 Å². The average molecular weight is 510 g/mol. The summed E-state index contributed by atoms with van der Waals surface area (Å²) >= 11 is 0. The molecule has 0 fully saturated rings. The Morgan fingerprint density at radius 1 is 1.03 bits per heavy atom. The zero-order chi connectivity index (χ0) is 25.8. The Balaban J connectivity index is 1.25. The molecule has 0 saturated heterocycles. The van der Waals surface area contributed by atoms with Crippen LogP contribution in [0.15, 0.2) is 77.8 Å². The van der Waals surface area contributed by atoms with Gasteiger partial charge in [0.05, 0.1) is 22.0 Å². The number of fused-ring (bicyclic) bond motifs is 1. The van der Waals surface area contributed by atoms with Crippen LogP contribution in [0.5, 0.6) is 17.2 Å². The van der Waals surface area contributed by atoms with Crippen molar-refractivity contribution >= 4 is 20.7 Å². The van der Waals surface area contributed by atoms with E-state index >= 15 is 0 Å². The summed E-state index contributed by atoms with van der Waals surface area (Å²) in [5.41, 5.74) is 1.75. The molecule has 4 rings (SSSR count). The number of sulfone groups is 1. The van der Waals surface area contributed by atoms with Crippen LogP contribution in [0, 0.1) is 0 Å². The normalized spacial score (nSPS) is 13.0. The zero-order valence-corrected chi connectivity index (χ0v) is 21.4. The number of aliphatic hydroxyl groups excluding tert-OH is 1. The number of rotatable bonds is 11. The van der Waals surface area contributed by atoms with Crippen LogP contribution in [0.1, 0.15) is 19.4 Å². The van der Waals surface area contributed by atoms with E-state index in [9.17, 15) is 13.5 Å². The number of aromatic amines is 1. The Hall–Kier alpha value is -3.40. The van der Waals surface area contributed by atoms with Crippen molar-refractivity contribution in [3.8, 4) is 17.2 Å². The summed E-state index contributed by atoms with van der Waals surface area (Å²) in [6.45, 7) is 4.73. The highest BCUT2D eigenvalue weighted by molar-refractivity contribution is 7.90. The van der Waals surface area contributed by atoms with E-state index in [0.29, 0.717) is 23.8 Å². The molecule has 0 aliphatic carbocycles. The number of ether oxygens (including phenoxy) is 2. The molecule has 4 aromatic rings. The SMILES string of the molecule is CC(C)(Cc1ccc(Oc2ccc(S(C)(=O)=O)cc2)cc1)NC[C@H](O)COc1cccc2[nH]ncc12. The fourth-order valence-corrected chi connectivity index (χ4v) is 4.48. The molecule has 3 N–H and O–H groups in total. The Morgan fingerprint density at radius 2 is 1.69 bits per heavy atom. The van der Waals surface area contributed by atoms with E-state index in [1.165, 1.54) is 18.4 Å². The van der Waals surface area contributed by atoms with Crippen LogP contribution in [0.3, 0.4) is 0 Å². The number of nitrogens with one attached hydrogen (secondary N) is 2. The Kier molecular flexibility index (Phi) is 7.63. The van der Waals surface area contributed by atoms with Crippen molar-refractivity contribution in [2.75, 3.05) is 19.4 Å². The van der Waals surface area contributed by atoms with Crippen molar-refractivity contribution in [2.45, 2.75) is 36.8 Å². The van der Waals surface area contributed by atoms with Crippen LogP contribution >= 0.6 is 0 Å². The molecule has 0 amide bonds. The van der Waals surface area contributed by atoms with Gasteiger partial charge in [-0.3, -0.25) is 5.10 Å². The van der Waals surface area contributed by atoms with Gasteiger partial charge in [-0.25, -0.2) is 8.42 Å². The molecule has 190 valence electrons. The summed E-state index contributed by atoms with van der Waals surface area (Å²) < 4.78 is 34.8. The number of hydrogen-bond acceptors (Lipinski definition) is 7. The first kappa shape index (κ1) is 25.7. The molecule has 0 radical (unpaired) electrons. The summed E-state index contributed by atoms with van der Waals surface area (Å²) in [5.74, 6) is 1.92. The first-order chi connectivity index (χ1) is 17.1. The van der Waals surface area contributed by atoms with Gasteiger partial charge in [0.25, 0.3) is 0 Å². The highest BCUT2D eigenvalue weighted by atomic mass is 32.2. The number of β-amino-alcohol motifs (C(OH)–C–C–N with tert-alkyl or cyclic N) is 1. The lowest BCUT2D eigenvalue weighted by atomic mass is 9.94. The third kappa shape index (κ3) is 6.84. The smallest absolute Gasteiger partial charge is 0.175 e. The van der Waals surface area contributed by atoms with Gasteiger partial charge < -0.3 is 19.9 Å². The topological polar surface area (TPSA) is 114 Å². The Bertz CT molecular complexity index is 1400. The first-order valence-electron chi connectivity index (χ1n) is 11.6. The van der Waals surface area contributed by atoms with Crippen LogP contribution in [0.25, 0.3) is 10.9 Å². The summed E-state index contributed by atoms with van der Waals surface area (Å²) in [6.07, 6.45) is 2.97. The van der Waals surface area contributed by atoms with Crippen molar-refractivity contribution in [3.05, 3.63) is 78.5 Å². The van der Waals surface area contributed by atoms with Crippen LogP contribution in [-0.4, -0.2) is 54.8 Å². The molecule has 8 nitrogen and oxygen atoms in total. The van der Waals surface area contributed by atoms with Crippen molar-refractivity contribution in [1.82, 2.24) is 15.5 Å². The minimum Gasteiger partial charge on any atom is -0.490 e. The van der Waals surface area contributed by atoms with Crippen molar-refractivity contribution in [2.24, 2.45) is 0 Å². The molecule has 0 bridgehead atoms. The van der Waals surface area contributed by atoms with E-state index in [4.69, 9.17) is 9.47 Å². The Labute approximate surface area is 211 Å². The summed E-state index contributed by atoms with van der Waals surface area (Å²) in [4.78, 5) is 0.256. The average Bonchev–Trinajstić information content (AvgIpc) is 3.32. The maximum atomic E-state index is 11.6. The first-order valence-corrected chi connectivity index (χ1v) is 13.5. The van der Waals surface area contributed by atoms with Crippen molar-refractivity contribution < 1.29 is 23.0 Å².